The highest BCUT2D eigenvalue weighted by molar-refractivity contribution is 6.23. The van der Waals surface area contributed by atoms with Crippen molar-refractivity contribution >= 4 is 60.5 Å². The third kappa shape index (κ3) is 4.20. The van der Waals surface area contributed by atoms with Crippen LogP contribution in [0.3, 0.4) is 0 Å². The monoisotopic (exact) mass is 638 g/mol. The van der Waals surface area contributed by atoms with Gasteiger partial charge in [0.2, 0.25) is 0 Å². The third-order valence-corrected chi connectivity index (χ3v) is 9.77. The maximum Gasteiger partial charge on any atom is 0.143 e. The van der Waals surface area contributed by atoms with E-state index in [1.165, 1.54) is 5.56 Å². The third-order valence-electron chi connectivity index (χ3n) is 9.77. The molecule has 2 nitrogen and oxygen atoms in total. The van der Waals surface area contributed by atoms with Crippen LogP contribution < -0.4 is 4.90 Å². The predicted octanol–water partition coefficient (Wildman–Crippen LogP) is 13.3. The number of benzene rings is 8. The van der Waals surface area contributed by atoms with Crippen LogP contribution >= 0.6 is 0 Å². The lowest BCUT2D eigenvalue weighted by molar-refractivity contribution is 0.660. The minimum absolute atomic E-state index is 0.0101. The van der Waals surface area contributed by atoms with E-state index in [1.54, 1.807) is 4.90 Å². The molecule has 0 saturated heterocycles. The second-order valence-corrected chi connectivity index (χ2v) is 12.9. The van der Waals surface area contributed by atoms with Crippen molar-refractivity contribution in [3.8, 4) is 22.3 Å². The van der Waals surface area contributed by atoms with Gasteiger partial charge in [-0.1, -0.05) is 129 Å². The van der Waals surface area contributed by atoms with E-state index in [1.807, 2.05) is 84.9 Å². The van der Waals surface area contributed by atoms with E-state index in [-0.39, 0.29) is 61.3 Å². The molecular weight excluding hydrogens is 595 g/mol. The second kappa shape index (κ2) is 10.4. The SMILES string of the molecule is [2H]c1c([2H])c([2H])c2c(oc3c2c([2H])c([2H])c2c([2H])c([2H])c4c([2H])c(N(c5ccc(-c6ccccc6)cc5)c5ccc6c(c5)C(C)(C)c5ccccc5-6)c([2H])c([2H])c4c23)c1[2H]. The van der Waals surface area contributed by atoms with Gasteiger partial charge in [0, 0.05) is 38.6 Å². The van der Waals surface area contributed by atoms with Crippen LogP contribution in [0.1, 0.15) is 40.1 Å². The Morgan fingerprint density at radius 1 is 0.551 bits per heavy atom. The molecule has 0 amide bonds. The van der Waals surface area contributed by atoms with Crippen molar-refractivity contribution < 1.29 is 19.5 Å². The first-order valence-electron chi connectivity index (χ1n) is 21.6. The molecular formula is C47H33NO. The van der Waals surface area contributed by atoms with Crippen LogP contribution in [0.5, 0.6) is 0 Å². The second-order valence-electron chi connectivity index (χ2n) is 12.9. The zero-order chi connectivity index (χ0) is 42.3. The van der Waals surface area contributed by atoms with Gasteiger partial charge in [-0.25, -0.2) is 0 Å². The first kappa shape index (κ1) is 19.0. The van der Waals surface area contributed by atoms with Gasteiger partial charge < -0.3 is 9.32 Å². The topological polar surface area (TPSA) is 16.4 Å². The molecule has 1 aliphatic carbocycles. The summed E-state index contributed by atoms with van der Waals surface area (Å²) in [6.45, 7) is 4.31. The fraction of sp³-hybridized carbons (Fsp3) is 0.0638. The Balaban J connectivity index is 1.31. The Kier molecular flexibility index (Phi) is 4.05. The lowest BCUT2D eigenvalue weighted by atomic mass is 9.82. The molecule has 0 fully saturated rings. The molecule has 49 heavy (non-hydrogen) atoms. The Bertz CT molecular complexity index is 3360. The molecule has 0 unspecified atom stereocenters. The van der Waals surface area contributed by atoms with Gasteiger partial charge in [0.1, 0.15) is 11.2 Å². The summed E-state index contributed by atoms with van der Waals surface area (Å²) >= 11 is 0. The van der Waals surface area contributed by atoms with Crippen LogP contribution in [0.4, 0.5) is 17.1 Å². The normalized spacial score (nSPS) is 16.4. The van der Waals surface area contributed by atoms with Gasteiger partial charge in [0.25, 0.3) is 0 Å². The summed E-state index contributed by atoms with van der Waals surface area (Å²) in [6.07, 6.45) is 0. The van der Waals surface area contributed by atoms with Crippen molar-refractivity contribution in [2.24, 2.45) is 0 Å². The molecule has 10 rings (SSSR count). The van der Waals surface area contributed by atoms with Gasteiger partial charge >= 0.3 is 0 Å². The first-order valence-corrected chi connectivity index (χ1v) is 16.1. The summed E-state index contributed by atoms with van der Waals surface area (Å²) in [5.41, 5.74) is 6.66. The molecule has 232 valence electrons. The minimum Gasteiger partial charge on any atom is -0.455 e. The number of anilines is 3. The first-order chi connectivity index (χ1) is 28.6. The summed E-state index contributed by atoms with van der Waals surface area (Å²) in [4.78, 5) is 1.74. The van der Waals surface area contributed by atoms with Crippen LogP contribution in [0, 0.1) is 0 Å². The molecule has 0 atom stereocenters. The van der Waals surface area contributed by atoms with Crippen LogP contribution in [0.15, 0.2) is 168 Å². The molecule has 1 heterocycles. The molecule has 8 aromatic carbocycles. The van der Waals surface area contributed by atoms with Gasteiger partial charge in [0.15, 0.2) is 0 Å². The van der Waals surface area contributed by atoms with Crippen LogP contribution in [0.2, 0.25) is 0 Å². The van der Waals surface area contributed by atoms with Crippen molar-refractivity contribution in [2.45, 2.75) is 19.3 Å². The van der Waals surface area contributed by atoms with E-state index in [9.17, 15) is 6.85 Å². The van der Waals surface area contributed by atoms with Gasteiger partial charge in [-0.2, -0.15) is 0 Å². The number of furan rings is 1. The highest BCUT2D eigenvalue weighted by atomic mass is 16.3. The maximum atomic E-state index is 9.90. The van der Waals surface area contributed by atoms with E-state index in [2.05, 4.69) is 26.0 Å². The molecule has 0 spiro atoms. The highest BCUT2D eigenvalue weighted by Crippen LogP contribution is 2.51. The largest absolute Gasteiger partial charge is 0.455 e. The van der Waals surface area contributed by atoms with Crippen molar-refractivity contribution in [2.75, 3.05) is 4.90 Å². The summed E-state index contributed by atoms with van der Waals surface area (Å²) < 4.78 is 106. The number of hydrogen-bond acceptors (Lipinski definition) is 2. The fourth-order valence-corrected chi connectivity index (χ4v) is 7.34. The van der Waals surface area contributed by atoms with Crippen molar-refractivity contribution in [1.82, 2.24) is 0 Å². The quantitative estimate of drug-likeness (QED) is 0.178. The Morgan fingerprint density at radius 3 is 2.12 bits per heavy atom. The Labute approximate surface area is 300 Å². The molecule has 0 aliphatic heterocycles. The van der Waals surface area contributed by atoms with E-state index >= 15 is 0 Å². The number of fused-ring (bicyclic) bond motifs is 10. The predicted molar refractivity (Wildman–Crippen MR) is 206 cm³/mol. The van der Waals surface area contributed by atoms with E-state index in [4.69, 9.17) is 12.6 Å². The molecule has 9 aromatic rings. The average Bonchev–Trinajstić information content (AvgIpc) is 3.76. The summed E-state index contributed by atoms with van der Waals surface area (Å²) in [5, 5.41) is -0.809. The van der Waals surface area contributed by atoms with Crippen molar-refractivity contribution in [3.05, 3.63) is 175 Å². The van der Waals surface area contributed by atoms with Gasteiger partial charge in [-0.3, -0.25) is 0 Å². The fourth-order valence-electron chi connectivity index (χ4n) is 7.34. The number of hydrogen-bond donors (Lipinski definition) is 0. The van der Waals surface area contributed by atoms with Crippen LogP contribution in [0.25, 0.3) is 65.7 Å². The Hall–Kier alpha value is -6.12. The molecule has 1 aromatic heterocycles. The zero-order valence-corrected chi connectivity index (χ0v) is 26.6. The molecule has 0 saturated carbocycles. The van der Waals surface area contributed by atoms with Gasteiger partial charge in [-0.05, 0) is 98.0 Å². The van der Waals surface area contributed by atoms with E-state index < -0.39 is 59.8 Å². The average molecular weight is 639 g/mol. The molecule has 0 bridgehead atoms. The highest BCUT2D eigenvalue weighted by Gasteiger charge is 2.35. The van der Waals surface area contributed by atoms with Gasteiger partial charge in [0.05, 0.1) is 15.1 Å². The van der Waals surface area contributed by atoms with E-state index in [0.717, 1.165) is 27.8 Å². The summed E-state index contributed by atoms with van der Waals surface area (Å²) in [5.74, 6) is 0. The smallest absolute Gasteiger partial charge is 0.143 e. The van der Waals surface area contributed by atoms with Gasteiger partial charge in [-0.15, -0.1) is 0 Å². The van der Waals surface area contributed by atoms with Crippen LogP contribution in [-0.2, 0) is 5.41 Å². The Morgan fingerprint density at radius 2 is 1.24 bits per heavy atom. The standard InChI is InChI=1S/C47H33NO/c1-47(2)42-14-8-6-12-38(42)39-27-24-36(29-43(39)47)48(34-21-18-31(19-22-34)30-10-4-3-5-11-30)35-23-26-37-33(28-35)17-16-32-20-25-41-40-13-7-9-15-44(40)49-46(41)45(32)37/h3-29H,1-2H3/i7D,9D,13D,15D,16D,17D,20D,23D,25D,26D,28D. The summed E-state index contributed by atoms with van der Waals surface area (Å²) in [7, 11) is 0. The minimum atomic E-state index is -0.559. The molecule has 1 aliphatic rings. The zero-order valence-electron chi connectivity index (χ0n) is 37.6. The molecule has 0 radical (unpaired) electrons. The lowest BCUT2D eigenvalue weighted by Gasteiger charge is -2.28. The van der Waals surface area contributed by atoms with Crippen LogP contribution in [-0.4, -0.2) is 0 Å². The van der Waals surface area contributed by atoms with Crippen molar-refractivity contribution in [3.63, 3.8) is 0 Å². The molecule has 2 heteroatoms. The number of rotatable bonds is 4. The lowest BCUT2D eigenvalue weighted by Crippen LogP contribution is -2.16. The summed E-state index contributed by atoms with van der Waals surface area (Å²) in [6, 6.07) is 26.6. The number of nitrogens with zero attached hydrogens (tertiary/aromatic N) is 1. The molecule has 0 N–H and O–H groups in total. The van der Waals surface area contributed by atoms with E-state index in [0.29, 0.717) is 11.4 Å². The maximum absolute atomic E-state index is 9.90. The number of para-hydroxylation sites is 1. The van der Waals surface area contributed by atoms with Crippen molar-refractivity contribution in [1.29, 1.82) is 0 Å².